The Kier molecular flexibility index (Phi) is 6.93. The van der Waals surface area contributed by atoms with Gasteiger partial charge in [0.05, 0.1) is 6.33 Å². The van der Waals surface area contributed by atoms with Crippen LogP contribution >= 0.6 is 11.8 Å². The van der Waals surface area contributed by atoms with E-state index in [1.165, 1.54) is 6.07 Å². The van der Waals surface area contributed by atoms with Crippen LogP contribution in [-0.4, -0.2) is 35.4 Å². The average molecular weight is 335 g/mol. The number of nitrogens with zero attached hydrogens (tertiary/aromatic N) is 3. The van der Waals surface area contributed by atoms with Crippen LogP contribution < -0.4 is 10.6 Å². The van der Waals surface area contributed by atoms with Gasteiger partial charge in [0.25, 0.3) is 0 Å². The van der Waals surface area contributed by atoms with E-state index in [1.807, 2.05) is 23.1 Å². The zero-order valence-corrected chi connectivity index (χ0v) is 14.2. The summed E-state index contributed by atoms with van der Waals surface area (Å²) in [5.74, 6) is 1.33. The lowest BCUT2D eigenvalue weighted by atomic mass is 10.1. The van der Waals surface area contributed by atoms with Crippen LogP contribution in [0, 0.1) is 5.82 Å². The van der Waals surface area contributed by atoms with Crippen molar-refractivity contribution in [3.05, 3.63) is 53.9 Å². The van der Waals surface area contributed by atoms with Gasteiger partial charge in [-0.1, -0.05) is 6.07 Å². The van der Waals surface area contributed by atoms with Gasteiger partial charge in [-0.25, -0.2) is 9.37 Å². The highest BCUT2D eigenvalue weighted by Gasteiger charge is 2.05. The Bertz CT molecular complexity index is 627. The van der Waals surface area contributed by atoms with Gasteiger partial charge >= 0.3 is 0 Å². The zero-order chi connectivity index (χ0) is 16.5. The molecule has 0 aliphatic rings. The van der Waals surface area contributed by atoms with Crippen LogP contribution in [0.1, 0.15) is 11.1 Å². The van der Waals surface area contributed by atoms with Gasteiger partial charge in [-0.15, -0.1) is 0 Å². The Balaban J connectivity index is 1.85. The number of halogens is 1. The van der Waals surface area contributed by atoms with Crippen molar-refractivity contribution in [2.75, 3.05) is 19.8 Å². The molecule has 0 aliphatic heterocycles. The molecule has 0 bridgehead atoms. The maximum Gasteiger partial charge on any atom is 0.191 e. The molecule has 124 valence electrons. The number of aliphatic imine (C=N–C) groups is 1. The maximum atomic E-state index is 13.4. The molecule has 23 heavy (non-hydrogen) atoms. The summed E-state index contributed by atoms with van der Waals surface area (Å²) in [5, 5.41) is 6.52. The molecule has 5 nitrogen and oxygen atoms in total. The van der Waals surface area contributed by atoms with Crippen molar-refractivity contribution in [1.29, 1.82) is 0 Å². The third-order valence-corrected chi connectivity index (χ3v) is 3.96. The molecule has 7 heteroatoms. The van der Waals surface area contributed by atoms with E-state index in [-0.39, 0.29) is 5.82 Å². The highest BCUT2D eigenvalue weighted by molar-refractivity contribution is 7.97. The first-order chi connectivity index (χ1) is 11.2. The number of benzene rings is 1. The quantitative estimate of drug-likeness (QED) is 0.602. The molecule has 0 fully saturated rings. The van der Waals surface area contributed by atoms with Crippen molar-refractivity contribution < 1.29 is 4.39 Å². The van der Waals surface area contributed by atoms with Crippen LogP contribution in [-0.2, 0) is 18.8 Å². The van der Waals surface area contributed by atoms with Crippen molar-refractivity contribution in [3.63, 3.8) is 0 Å². The topological polar surface area (TPSA) is 54.2 Å². The van der Waals surface area contributed by atoms with Crippen LogP contribution in [0.5, 0.6) is 0 Å². The lowest BCUT2D eigenvalue weighted by Gasteiger charge is -2.14. The van der Waals surface area contributed by atoms with Crippen LogP contribution in [0.4, 0.5) is 4.39 Å². The molecule has 0 atom stereocenters. The molecule has 2 aromatic rings. The number of nitrogens with one attached hydrogen (secondary N) is 2. The third kappa shape index (κ3) is 5.59. The summed E-state index contributed by atoms with van der Waals surface area (Å²) >= 11 is 1.68. The van der Waals surface area contributed by atoms with Gasteiger partial charge < -0.3 is 15.2 Å². The Labute approximate surface area is 140 Å². The summed E-state index contributed by atoms with van der Waals surface area (Å²) < 4.78 is 15.4. The van der Waals surface area contributed by atoms with Gasteiger partial charge in [-0.05, 0) is 29.5 Å². The smallest absolute Gasteiger partial charge is 0.191 e. The lowest BCUT2D eigenvalue weighted by Crippen LogP contribution is -2.38. The molecular weight excluding hydrogens is 313 g/mol. The monoisotopic (exact) mass is 335 g/mol. The molecular formula is C16H22FN5S. The van der Waals surface area contributed by atoms with Gasteiger partial charge in [0.2, 0.25) is 0 Å². The number of thioether (sulfide) groups is 1. The minimum atomic E-state index is -0.194. The molecule has 2 N–H and O–H groups in total. The second kappa shape index (κ2) is 9.19. The second-order valence-corrected chi connectivity index (χ2v) is 5.87. The molecule has 0 saturated carbocycles. The highest BCUT2D eigenvalue weighted by atomic mass is 32.2. The summed E-state index contributed by atoms with van der Waals surface area (Å²) in [7, 11) is 1.74. The number of aromatic nitrogens is 2. The Morgan fingerprint density at radius 3 is 2.91 bits per heavy atom. The summed E-state index contributed by atoms with van der Waals surface area (Å²) in [6.45, 7) is 2.17. The van der Waals surface area contributed by atoms with Crippen molar-refractivity contribution in [3.8, 4) is 0 Å². The minimum Gasteiger partial charge on any atom is -0.355 e. The Hall–Kier alpha value is -2.02. The van der Waals surface area contributed by atoms with Crippen molar-refractivity contribution in [2.24, 2.45) is 4.99 Å². The van der Waals surface area contributed by atoms with E-state index in [2.05, 4.69) is 20.6 Å². The SMILES string of the molecule is CN=C(NCCn1ccnc1)NCc1ccc(F)cc1CSC. The van der Waals surface area contributed by atoms with E-state index in [4.69, 9.17) is 0 Å². The minimum absolute atomic E-state index is 0.194. The Morgan fingerprint density at radius 1 is 1.35 bits per heavy atom. The first-order valence-corrected chi connectivity index (χ1v) is 8.79. The molecule has 0 aliphatic carbocycles. The van der Waals surface area contributed by atoms with Crippen LogP contribution in [0.25, 0.3) is 0 Å². The van der Waals surface area contributed by atoms with Gasteiger partial charge in [-0.3, -0.25) is 4.99 Å². The molecule has 1 heterocycles. The number of hydrogen-bond donors (Lipinski definition) is 2. The molecule has 0 amide bonds. The molecule has 0 spiro atoms. The molecule has 0 unspecified atom stereocenters. The predicted octanol–water partition coefficient (Wildman–Crippen LogP) is 2.25. The van der Waals surface area contributed by atoms with Crippen molar-refractivity contribution in [1.82, 2.24) is 20.2 Å². The number of imidazole rings is 1. The van der Waals surface area contributed by atoms with E-state index in [0.717, 1.165) is 35.9 Å². The molecule has 0 radical (unpaired) electrons. The van der Waals surface area contributed by atoms with Crippen molar-refractivity contribution in [2.45, 2.75) is 18.8 Å². The van der Waals surface area contributed by atoms with E-state index in [9.17, 15) is 4.39 Å². The lowest BCUT2D eigenvalue weighted by molar-refractivity contribution is 0.624. The van der Waals surface area contributed by atoms with Crippen LogP contribution in [0.15, 0.2) is 41.9 Å². The van der Waals surface area contributed by atoms with Gasteiger partial charge in [0.15, 0.2) is 5.96 Å². The van der Waals surface area contributed by atoms with E-state index >= 15 is 0 Å². The fourth-order valence-electron chi connectivity index (χ4n) is 2.18. The normalized spacial score (nSPS) is 11.5. The van der Waals surface area contributed by atoms with E-state index in [1.54, 1.807) is 37.4 Å². The summed E-state index contributed by atoms with van der Waals surface area (Å²) in [5.41, 5.74) is 2.09. The van der Waals surface area contributed by atoms with Crippen LogP contribution in [0.3, 0.4) is 0 Å². The number of guanidine groups is 1. The van der Waals surface area contributed by atoms with Crippen molar-refractivity contribution >= 4 is 17.7 Å². The molecule has 2 rings (SSSR count). The first-order valence-electron chi connectivity index (χ1n) is 7.39. The van der Waals surface area contributed by atoms with E-state index < -0.39 is 0 Å². The fraction of sp³-hybridized carbons (Fsp3) is 0.375. The third-order valence-electron chi connectivity index (χ3n) is 3.36. The average Bonchev–Trinajstić information content (AvgIpc) is 3.06. The summed E-state index contributed by atoms with van der Waals surface area (Å²) in [6.07, 6.45) is 7.48. The Morgan fingerprint density at radius 2 is 2.22 bits per heavy atom. The molecule has 1 aromatic carbocycles. The fourth-order valence-corrected chi connectivity index (χ4v) is 2.76. The van der Waals surface area contributed by atoms with Gasteiger partial charge in [0.1, 0.15) is 5.82 Å². The summed E-state index contributed by atoms with van der Waals surface area (Å²) in [4.78, 5) is 8.21. The number of rotatable bonds is 7. The molecule has 1 aromatic heterocycles. The zero-order valence-electron chi connectivity index (χ0n) is 13.4. The molecule has 0 saturated heterocycles. The number of hydrogen-bond acceptors (Lipinski definition) is 3. The first kappa shape index (κ1) is 17.3. The maximum absolute atomic E-state index is 13.4. The summed E-state index contributed by atoms with van der Waals surface area (Å²) in [6, 6.07) is 4.92. The second-order valence-electron chi connectivity index (χ2n) is 5.00. The largest absolute Gasteiger partial charge is 0.355 e. The highest BCUT2D eigenvalue weighted by Crippen LogP contribution is 2.16. The van der Waals surface area contributed by atoms with Gasteiger partial charge in [0, 0.05) is 44.8 Å². The van der Waals surface area contributed by atoms with Crippen LogP contribution in [0.2, 0.25) is 0 Å². The predicted molar refractivity (Wildman–Crippen MR) is 94.0 cm³/mol. The standard InChI is InChI=1S/C16H22FN5S/c1-18-16(20-6-8-22-7-5-19-12-22)21-10-13-3-4-15(17)9-14(13)11-23-2/h3-5,7,9,12H,6,8,10-11H2,1-2H3,(H2,18,20,21). The van der Waals surface area contributed by atoms with E-state index in [0.29, 0.717) is 6.54 Å². The van der Waals surface area contributed by atoms with Gasteiger partial charge in [-0.2, -0.15) is 11.8 Å².